The third kappa shape index (κ3) is 9.37. The Kier molecular flexibility index (Phi) is 13.9. The molecule has 3 heterocycles. The quantitative estimate of drug-likeness (QED) is 0.127. The van der Waals surface area contributed by atoms with Crippen molar-refractivity contribution in [3.05, 3.63) is 0 Å². The molecule has 2 nitrogen and oxygen atoms in total. The van der Waals surface area contributed by atoms with E-state index < -0.39 is 14.2 Å². The van der Waals surface area contributed by atoms with Crippen molar-refractivity contribution >= 4 is 47.0 Å². The molecule has 3 fully saturated rings. The number of fused-ring (bicyclic) bond motifs is 8. The van der Waals surface area contributed by atoms with Crippen molar-refractivity contribution in [2.45, 2.75) is 108 Å². The van der Waals surface area contributed by atoms with E-state index in [0.29, 0.717) is 6.61 Å². The van der Waals surface area contributed by atoms with Gasteiger partial charge in [-0.1, -0.05) is 19.8 Å². The molecule has 0 aromatic carbocycles. The number of ether oxygens (including phenoxy) is 1. The zero-order valence-electron chi connectivity index (χ0n) is 19.0. The maximum atomic E-state index is 13.0. The van der Waals surface area contributed by atoms with Crippen molar-refractivity contribution in [1.29, 1.82) is 0 Å². The molecule has 170 valence electrons. The minimum absolute atomic E-state index is 0.136. The first-order valence-electron chi connectivity index (χ1n) is 12.3. The molecular formula is C23H44O2S3Sn. The fourth-order valence-electron chi connectivity index (χ4n) is 4.48. The summed E-state index contributed by atoms with van der Waals surface area (Å²) in [5, 5.41) is 0. The van der Waals surface area contributed by atoms with Gasteiger partial charge in [-0.15, -0.1) is 0 Å². The van der Waals surface area contributed by atoms with E-state index in [1.54, 1.807) is 0 Å². The molecule has 3 saturated heterocycles. The van der Waals surface area contributed by atoms with E-state index in [1.165, 1.54) is 86.6 Å². The third-order valence-electron chi connectivity index (χ3n) is 6.47. The molecule has 0 amide bonds. The van der Waals surface area contributed by atoms with Crippen LogP contribution in [0.25, 0.3) is 0 Å². The van der Waals surface area contributed by atoms with Crippen molar-refractivity contribution in [1.82, 2.24) is 0 Å². The van der Waals surface area contributed by atoms with E-state index in [2.05, 4.69) is 40.7 Å². The molecule has 0 unspecified atom stereocenters. The number of esters is 1. The Morgan fingerprint density at radius 3 is 1.97 bits per heavy atom. The molecule has 0 atom stereocenters. The fraction of sp³-hybridized carbons (Fsp3) is 0.957. The van der Waals surface area contributed by atoms with Crippen LogP contribution in [-0.2, 0) is 9.53 Å². The van der Waals surface area contributed by atoms with Gasteiger partial charge in [0.1, 0.15) is 0 Å². The Morgan fingerprint density at radius 1 is 0.793 bits per heavy atom. The summed E-state index contributed by atoms with van der Waals surface area (Å²) >= 11 is -2.21. The van der Waals surface area contributed by atoms with Crippen molar-refractivity contribution in [3.63, 3.8) is 0 Å². The molecule has 0 aromatic heterocycles. The van der Waals surface area contributed by atoms with Crippen LogP contribution in [0.2, 0.25) is 4.44 Å². The van der Waals surface area contributed by atoms with Crippen LogP contribution >= 0.6 is 26.8 Å². The van der Waals surface area contributed by atoms with Crippen LogP contribution < -0.4 is 0 Å². The Labute approximate surface area is 192 Å². The third-order valence-corrected chi connectivity index (χ3v) is 46.6. The van der Waals surface area contributed by atoms with Crippen LogP contribution in [0.5, 0.6) is 0 Å². The fourth-order valence-corrected chi connectivity index (χ4v) is 43.8. The van der Waals surface area contributed by atoms with E-state index in [9.17, 15) is 4.79 Å². The van der Waals surface area contributed by atoms with Gasteiger partial charge in [0.15, 0.2) is 0 Å². The first kappa shape index (κ1) is 26.6. The van der Waals surface area contributed by atoms with Crippen LogP contribution in [0.4, 0.5) is 0 Å². The van der Waals surface area contributed by atoms with Gasteiger partial charge in [0.05, 0.1) is 0 Å². The summed E-state index contributed by atoms with van der Waals surface area (Å²) < 4.78 is 7.34. The first-order valence-corrected chi connectivity index (χ1v) is 27.7. The van der Waals surface area contributed by atoms with Crippen LogP contribution in [0.1, 0.15) is 104 Å². The average Bonchev–Trinajstić information content (AvgIpc) is 2.71. The summed E-state index contributed by atoms with van der Waals surface area (Å²) in [5.41, 5.74) is -0.175. The monoisotopic (exact) mass is 568 g/mol. The van der Waals surface area contributed by atoms with Gasteiger partial charge in [0, 0.05) is 0 Å². The molecule has 0 aromatic rings. The Bertz CT molecular complexity index is 451. The van der Waals surface area contributed by atoms with Crippen LogP contribution in [-0.4, -0.2) is 44.1 Å². The minimum atomic E-state index is -2.21. The molecule has 0 N–H and O–H groups in total. The van der Waals surface area contributed by atoms with Crippen molar-refractivity contribution in [2.24, 2.45) is 5.41 Å². The second-order valence-electron chi connectivity index (χ2n) is 8.83. The Balaban J connectivity index is 1.82. The summed E-state index contributed by atoms with van der Waals surface area (Å²) in [6.07, 6.45) is 18.1. The van der Waals surface area contributed by atoms with Gasteiger partial charge in [-0.05, 0) is 0 Å². The molecule has 0 radical (unpaired) electrons. The van der Waals surface area contributed by atoms with Crippen molar-refractivity contribution < 1.29 is 9.53 Å². The van der Waals surface area contributed by atoms with E-state index in [-0.39, 0.29) is 11.4 Å². The molecule has 3 aliphatic rings. The number of hydrogen-bond donors (Lipinski definition) is 0. The van der Waals surface area contributed by atoms with Gasteiger partial charge >= 0.3 is 174 Å². The maximum absolute atomic E-state index is 13.0. The van der Waals surface area contributed by atoms with Gasteiger partial charge in [-0.2, -0.15) is 0 Å². The summed E-state index contributed by atoms with van der Waals surface area (Å²) in [4.78, 5) is 13.0. The van der Waals surface area contributed by atoms with Crippen molar-refractivity contribution in [2.75, 3.05) is 23.9 Å². The molecule has 29 heavy (non-hydrogen) atoms. The van der Waals surface area contributed by atoms with E-state index in [4.69, 9.17) is 4.74 Å². The zero-order chi connectivity index (χ0) is 20.8. The van der Waals surface area contributed by atoms with Gasteiger partial charge in [-0.3, -0.25) is 0 Å². The number of rotatable bonds is 13. The SMILES string of the molecule is CCCCCCCCCCCC12CC[S][Sn]([CH2]CCC)([S]CCOC1=O)[S]CC2. The summed E-state index contributed by atoms with van der Waals surface area (Å²) in [6, 6.07) is 0. The Hall–Kier alpha value is 1.32. The predicted molar refractivity (Wildman–Crippen MR) is 137 cm³/mol. The van der Waals surface area contributed by atoms with Gasteiger partial charge in [-0.25, -0.2) is 0 Å². The predicted octanol–water partition coefficient (Wildman–Crippen LogP) is 8.18. The van der Waals surface area contributed by atoms with Crippen molar-refractivity contribution in [3.8, 4) is 0 Å². The molecule has 0 aliphatic carbocycles. The number of carbonyl (C=O) groups excluding carboxylic acids is 1. The molecule has 3 rings (SSSR count). The molecule has 2 bridgehead atoms. The van der Waals surface area contributed by atoms with E-state index in [1.807, 2.05) is 0 Å². The standard InChI is InChI=1S/C19H38O2S3.C4H9.Sn/c1-2-3-4-5-6-7-8-9-10-11-19(12-15-22,13-16-23)18(20)21-14-17-24;1-3-4-2;/h22-24H,2-17H2,1H3;1,3-4H2,2H3;/q;;+3/p-3. The van der Waals surface area contributed by atoms with Crippen LogP contribution in [0.3, 0.4) is 0 Å². The number of unbranched alkanes of at least 4 members (excludes halogenated alkanes) is 9. The molecular weight excluding hydrogens is 523 g/mol. The second-order valence-corrected chi connectivity index (χ2v) is 42.9. The first-order chi connectivity index (χ1) is 14.2. The molecule has 0 spiro atoms. The summed E-state index contributed by atoms with van der Waals surface area (Å²) in [6.45, 7) is 5.25. The number of carbonyl (C=O) groups is 1. The molecule has 3 aliphatic heterocycles. The van der Waals surface area contributed by atoms with Gasteiger partial charge < -0.3 is 0 Å². The Morgan fingerprint density at radius 2 is 1.34 bits per heavy atom. The number of hydrogen-bond acceptors (Lipinski definition) is 5. The topological polar surface area (TPSA) is 26.3 Å². The summed E-state index contributed by atoms with van der Waals surface area (Å²) in [5.74, 6) is 3.58. The zero-order valence-corrected chi connectivity index (χ0v) is 24.3. The van der Waals surface area contributed by atoms with Crippen LogP contribution in [0, 0.1) is 5.41 Å². The van der Waals surface area contributed by atoms with Gasteiger partial charge in [0.2, 0.25) is 0 Å². The van der Waals surface area contributed by atoms with Crippen LogP contribution in [0.15, 0.2) is 0 Å². The summed E-state index contributed by atoms with van der Waals surface area (Å²) in [7, 11) is 6.95. The second kappa shape index (κ2) is 15.2. The normalized spacial score (nSPS) is 28.1. The molecule has 6 heteroatoms. The van der Waals surface area contributed by atoms with E-state index in [0.717, 1.165) is 25.0 Å². The average molecular weight is 568 g/mol. The molecule has 0 saturated carbocycles. The van der Waals surface area contributed by atoms with E-state index >= 15 is 0 Å². The van der Waals surface area contributed by atoms with Gasteiger partial charge in [0.25, 0.3) is 0 Å².